The van der Waals surface area contributed by atoms with Crippen LogP contribution in [0.25, 0.3) is 5.76 Å². The minimum Gasteiger partial charge on any atom is -0.507 e. The molecule has 1 heterocycles. The van der Waals surface area contributed by atoms with E-state index in [-0.39, 0.29) is 28.1 Å². The second-order valence-electron chi connectivity index (χ2n) is 7.97. The van der Waals surface area contributed by atoms with Crippen LogP contribution < -0.4 is 9.64 Å². The maximum Gasteiger partial charge on any atom is 0.416 e. The average Bonchev–Trinajstić information content (AvgIpc) is 3.09. The van der Waals surface area contributed by atoms with Gasteiger partial charge in [-0.1, -0.05) is 23.8 Å². The molecule has 3 aromatic carbocycles. The summed E-state index contributed by atoms with van der Waals surface area (Å²) in [4.78, 5) is 27.3. The molecule has 0 radical (unpaired) electrons. The van der Waals surface area contributed by atoms with Gasteiger partial charge >= 0.3 is 6.18 Å². The summed E-state index contributed by atoms with van der Waals surface area (Å²) >= 11 is 0. The third-order valence-electron chi connectivity index (χ3n) is 5.71. The van der Waals surface area contributed by atoms with Crippen LogP contribution in [0, 0.1) is 12.7 Å². The van der Waals surface area contributed by atoms with E-state index in [0.717, 1.165) is 46.9 Å². The highest BCUT2D eigenvalue weighted by Gasteiger charge is 2.47. The number of amides is 1. The fourth-order valence-electron chi connectivity index (χ4n) is 4.02. The number of halogens is 4. The highest BCUT2D eigenvalue weighted by molar-refractivity contribution is 6.51. The molecule has 4 rings (SSSR count). The van der Waals surface area contributed by atoms with Gasteiger partial charge in [0, 0.05) is 5.69 Å². The SMILES string of the molecule is COc1ccc(C)cc1/C(O)=C1\C(=O)C(=O)N(c2ccc(C(F)(F)F)cc2)C1c1ccc(F)cc1. The van der Waals surface area contributed by atoms with Crippen molar-refractivity contribution < 1.29 is 37.0 Å². The van der Waals surface area contributed by atoms with E-state index in [1.807, 2.05) is 0 Å². The van der Waals surface area contributed by atoms with Crippen molar-refractivity contribution in [2.24, 2.45) is 0 Å². The van der Waals surface area contributed by atoms with Gasteiger partial charge in [0.25, 0.3) is 11.7 Å². The van der Waals surface area contributed by atoms with Gasteiger partial charge in [0.05, 0.1) is 29.9 Å². The quantitative estimate of drug-likeness (QED) is 0.220. The Hall–Kier alpha value is -4.14. The van der Waals surface area contributed by atoms with Crippen LogP contribution in [0.2, 0.25) is 0 Å². The minimum atomic E-state index is -4.59. The van der Waals surface area contributed by atoms with E-state index in [4.69, 9.17) is 4.74 Å². The predicted octanol–water partition coefficient (Wildman–Crippen LogP) is 5.79. The van der Waals surface area contributed by atoms with Crippen molar-refractivity contribution in [3.63, 3.8) is 0 Å². The number of Topliss-reactive ketones (excluding diaryl/α,β-unsaturated/α-hetero) is 1. The maximum absolute atomic E-state index is 13.6. The molecule has 1 aliphatic heterocycles. The Labute approximate surface area is 197 Å². The number of rotatable bonds is 4. The molecule has 0 saturated carbocycles. The lowest BCUT2D eigenvalue weighted by Crippen LogP contribution is -2.29. The molecule has 1 fully saturated rings. The Morgan fingerprint density at radius 1 is 0.971 bits per heavy atom. The third kappa shape index (κ3) is 4.37. The number of hydrogen-bond acceptors (Lipinski definition) is 4. The number of ether oxygens (including phenoxy) is 1. The second-order valence-corrected chi connectivity index (χ2v) is 7.97. The fraction of sp³-hybridized carbons (Fsp3) is 0.154. The standard InChI is InChI=1S/C26H19F4NO4/c1-14-3-12-20(35-2)19(13-14)23(32)21-22(15-4-8-17(27)9-5-15)31(25(34)24(21)33)18-10-6-16(7-11-18)26(28,29)30/h3-13,22,32H,1-2H3/b23-21+. The molecular weight excluding hydrogens is 466 g/mol. The molecule has 0 aromatic heterocycles. The minimum absolute atomic E-state index is 0.00434. The van der Waals surface area contributed by atoms with E-state index >= 15 is 0 Å². The largest absolute Gasteiger partial charge is 0.507 e. The van der Waals surface area contributed by atoms with Crippen LogP contribution >= 0.6 is 0 Å². The lowest BCUT2D eigenvalue weighted by molar-refractivity contribution is -0.137. The molecule has 1 N–H and O–H groups in total. The summed E-state index contributed by atoms with van der Waals surface area (Å²) in [6.07, 6.45) is -4.59. The monoisotopic (exact) mass is 485 g/mol. The number of benzene rings is 3. The molecule has 180 valence electrons. The van der Waals surface area contributed by atoms with Crippen molar-refractivity contribution in [1.82, 2.24) is 0 Å². The van der Waals surface area contributed by atoms with Gasteiger partial charge in [0.2, 0.25) is 0 Å². The summed E-state index contributed by atoms with van der Waals surface area (Å²) in [5.74, 6) is -2.94. The van der Waals surface area contributed by atoms with Gasteiger partial charge in [-0.2, -0.15) is 13.2 Å². The third-order valence-corrected chi connectivity index (χ3v) is 5.71. The average molecular weight is 485 g/mol. The summed E-state index contributed by atoms with van der Waals surface area (Å²) in [5, 5.41) is 11.2. The van der Waals surface area contributed by atoms with Crippen molar-refractivity contribution in [2.45, 2.75) is 19.1 Å². The highest BCUT2D eigenvalue weighted by Crippen LogP contribution is 2.44. The zero-order valence-corrected chi connectivity index (χ0v) is 18.6. The van der Waals surface area contributed by atoms with Gasteiger partial charge in [0.1, 0.15) is 17.3 Å². The zero-order valence-electron chi connectivity index (χ0n) is 18.6. The predicted molar refractivity (Wildman–Crippen MR) is 120 cm³/mol. The number of nitrogens with zero attached hydrogens (tertiary/aromatic N) is 1. The summed E-state index contributed by atoms with van der Waals surface area (Å²) < 4.78 is 58.1. The van der Waals surface area contributed by atoms with Crippen molar-refractivity contribution in [1.29, 1.82) is 0 Å². The molecule has 1 saturated heterocycles. The van der Waals surface area contributed by atoms with Crippen LogP contribution in [0.3, 0.4) is 0 Å². The van der Waals surface area contributed by atoms with Crippen LogP contribution in [0.1, 0.15) is 28.3 Å². The van der Waals surface area contributed by atoms with E-state index in [1.165, 1.54) is 19.2 Å². The zero-order chi connectivity index (χ0) is 25.5. The highest BCUT2D eigenvalue weighted by atomic mass is 19.4. The van der Waals surface area contributed by atoms with Crippen molar-refractivity contribution in [3.05, 3.63) is 100 Å². The second kappa shape index (κ2) is 8.90. The molecule has 1 unspecified atom stereocenters. The smallest absolute Gasteiger partial charge is 0.416 e. The Kier molecular flexibility index (Phi) is 6.10. The Balaban J connectivity index is 1.94. The maximum atomic E-state index is 13.6. The molecule has 0 bridgehead atoms. The van der Waals surface area contributed by atoms with Gasteiger partial charge in [-0.05, 0) is 61.0 Å². The Morgan fingerprint density at radius 3 is 2.17 bits per heavy atom. The van der Waals surface area contributed by atoms with E-state index in [1.54, 1.807) is 25.1 Å². The summed E-state index contributed by atoms with van der Waals surface area (Å²) in [7, 11) is 1.37. The number of carbonyl (C=O) groups is 2. The molecular formula is C26H19F4NO4. The molecule has 0 spiro atoms. The van der Waals surface area contributed by atoms with Crippen molar-refractivity contribution in [3.8, 4) is 5.75 Å². The number of alkyl halides is 3. The van der Waals surface area contributed by atoms with Crippen LogP contribution in [-0.2, 0) is 15.8 Å². The van der Waals surface area contributed by atoms with E-state index in [2.05, 4.69) is 0 Å². The number of methoxy groups -OCH3 is 1. The fourth-order valence-corrected chi connectivity index (χ4v) is 4.02. The van der Waals surface area contributed by atoms with Crippen LogP contribution in [0.4, 0.5) is 23.2 Å². The van der Waals surface area contributed by atoms with Crippen LogP contribution in [-0.4, -0.2) is 23.9 Å². The van der Waals surface area contributed by atoms with E-state index in [9.17, 15) is 32.3 Å². The van der Waals surface area contributed by atoms with Crippen molar-refractivity contribution in [2.75, 3.05) is 12.0 Å². The first-order valence-electron chi connectivity index (χ1n) is 10.4. The summed E-state index contributed by atoms with van der Waals surface area (Å²) in [5.41, 5.74) is -0.0536. The summed E-state index contributed by atoms with van der Waals surface area (Å²) in [6, 6.07) is 12.3. The summed E-state index contributed by atoms with van der Waals surface area (Å²) in [6.45, 7) is 1.76. The van der Waals surface area contributed by atoms with E-state index < -0.39 is 41.0 Å². The molecule has 1 atom stereocenters. The first-order chi connectivity index (χ1) is 16.5. The number of hydrogen-bond donors (Lipinski definition) is 1. The van der Waals surface area contributed by atoms with Crippen molar-refractivity contribution >= 4 is 23.1 Å². The van der Waals surface area contributed by atoms with E-state index in [0.29, 0.717) is 0 Å². The van der Waals surface area contributed by atoms with Crippen LogP contribution in [0.5, 0.6) is 5.75 Å². The molecule has 9 heteroatoms. The number of aliphatic hydroxyl groups is 1. The number of anilines is 1. The number of ketones is 1. The number of aryl methyl sites for hydroxylation is 1. The molecule has 5 nitrogen and oxygen atoms in total. The molecule has 3 aromatic rings. The van der Waals surface area contributed by atoms with Gasteiger partial charge in [-0.15, -0.1) is 0 Å². The number of aliphatic hydroxyl groups excluding tert-OH is 1. The first-order valence-corrected chi connectivity index (χ1v) is 10.4. The topological polar surface area (TPSA) is 66.8 Å². The van der Waals surface area contributed by atoms with Crippen LogP contribution in [0.15, 0.2) is 72.3 Å². The van der Waals surface area contributed by atoms with Gasteiger partial charge < -0.3 is 9.84 Å². The van der Waals surface area contributed by atoms with Gasteiger partial charge in [-0.3, -0.25) is 14.5 Å². The normalized spacial score (nSPS) is 17.7. The van der Waals surface area contributed by atoms with Gasteiger partial charge in [0.15, 0.2) is 0 Å². The number of carbonyl (C=O) groups excluding carboxylic acids is 2. The Morgan fingerprint density at radius 2 is 1.60 bits per heavy atom. The lowest BCUT2D eigenvalue weighted by atomic mass is 9.94. The first kappa shape index (κ1) is 24.0. The lowest BCUT2D eigenvalue weighted by Gasteiger charge is -2.26. The van der Waals surface area contributed by atoms with Gasteiger partial charge in [-0.25, -0.2) is 4.39 Å². The molecule has 0 aliphatic carbocycles. The Bertz CT molecular complexity index is 1330. The molecule has 1 aliphatic rings. The molecule has 1 amide bonds. The molecule has 35 heavy (non-hydrogen) atoms.